The third-order valence-electron chi connectivity index (χ3n) is 6.40. The molecule has 0 amide bonds. The van der Waals surface area contributed by atoms with Gasteiger partial charge in [0.15, 0.2) is 0 Å². The van der Waals surface area contributed by atoms with Gasteiger partial charge in [-0.3, -0.25) is 9.80 Å². The van der Waals surface area contributed by atoms with Gasteiger partial charge in [0, 0.05) is 44.7 Å². The molecule has 2 aliphatic rings. The number of hydrogen-bond donors (Lipinski definition) is 2. The number of ether oxygens (including phenoxy) is 1. The lowest BCUT2D eigenvalue weighted by Crippen LogP contribution is -2.37. The topological polar surface area (TPSA) is 73.2 Å². The molecule has 0 saturated carbocycles. The molecular formula is C23H28N2O4. The molecule has 2 aliphatic heterocycles. The average Bonchev–Trinajstić information content (AvgIpc) is 3.21. The van der Waals surface area contributed by atoms with Gasteiger partial charge in [0.25, 0.3) is 0 Å². The van der Waals surface area contributed by atoms with Crippen molar-refractivity contribution in [3.8, 4) is 5.75 Å². The zero-order chi connectivity index (χ0) is 20.4. The molecule has 4 rings (SSSR count). The molecule has 2 unspecified atom stereocenters. The fourth-order valence-corrected chi connectivity index (χ4v) is 5.00. The highest BCUT2D eigenvalue weighted by Gasteiger charge is 2.51. The highest BCUT2D eigenvalue weighted by Crippen LogP contribution is 2.43. The van der Waals surface area contributed by atoms with E-state index in [0.717, 1.165) is 44.0 Å². The summed E-state index contributed by atoms with van der Waals surface area (Å²) in [5, 5.41) is 19.7. The number of carboxylic acid groups (broad SMARTS) is 1. The number of likely N-dealkylation sites (tertiary alicyclic amines) is 2. The molecule has 0 aromatic heterocycles. The van der Waals surface area contributed by atoms with Crippen LogP contribution in [0, 0.1) is 11.3 Å². The van der Waals surface area contributed by atoms with Crippen molar-refractivity contribution in [3.05, 3.63) is 65.2 Å². The predicted molar refractivity (Wildman–Crippen MR) is 110 cm³/mol. The summed E-state index contributed by atoms with van der Waals surface area (Å²) in [5.41, 5.74) is 2.27. The van der Waals surface area contributed by atoms with Gasteiger partial charge in [-0.15, -0.1) is 0 Å². The number of methoxy groups -OCH3 is 1. The molecule has 0 bridgehead atoms. The zero-order valence-corrected chi connectivity index (χ0v) is 16.8. The first-order chi connectivity index (χ1) is 14.0. The molecule has 0 spiro atoms. The summed E-state index contributed by atoms with van der Waals surface area (Å²) in [4.78, 5) is 16.2. The van der Waals surface area contributed by atoms with E-state index in [1.807, 2.05) is 24.3 Å². The summed E-state index contributed by atoms with van der Waals surface area (Å²) in [6.45, 7) is 5.06. The lowest BCUT2D eigenvalue weighted by Gasteiger charge is -2.27. The number of nitrogens with zero attached hydrogens (tertiary/aromatic N) is 2. The number of carbonyl (C=O) groups is 1. The Kier molecular flexibility index (Phi) is 5.58. The molecule has 2 fully saturated rings. The van der Waals surface area contributed by atoms with E-state index < -0.39 is 5.97 Å². The van der Waals surface area contributed by atoms with Gasteiger partial charge in [0.05, 0.1) is 19.3 Å². The minimum absolute atomic E-state index is 0.142. The number of hydrogen-bond acceptors (Lipinski definition) is 5. The van der Waals surface area contributed by atoms with Crippen molar-refractivity contribution in [2.24, 2.45) is 11.3 Å². The van der Waals surface area contributed by atoms with Crippen LogP contribution in [-0.2, 0) is 13.1 Å². The van der Waals surface area contributed by atoms with Crippen molar-refractivity contribution in [1.82, 2.24) is 9.80 Å². The Labute approximate surface area is 171 Å². The van der Waals surface area contributed by atoms with E-state index in [0.29, 0.717) is 18.0 Å². The van der Waals surface area contributed by atoms with E-state index in [9.17, 15) is 15.0 Å². The van der Waals surface area contributed by atoms with Gasteiger partial charge in [0.1, 0.15) is 5.75 Å². The fourth-order valence-electron chi connectivity index (χ4n) is 5.00. The Bertz CT molecular complexity index is 887. The van der Waals surface area contributed by atoms with Gasteiger partial charge in [0.2, 0.25) is 0 Å². The van der Waals surface area contributed by atoms with Crippen molar-refractivity contribution in [2.75, 3.05) is 39.9 Å². The average molecular weight is 396 g/mol. The minimum Gasteiger partial charge on any atom is -0.497 e. The highest BCUT2D eigenvalue weighted by atomic mass is 16.5. The monoisotopic (exact) mass is 396 g/mol. The molecule has 0 radical (unpaired) electrons. The summed E-state index contributed by atoms with van der Waals surface area (Å²) in [6, 6.07) is 15.3. The van der Waals surface area contributed by atoms with Gasteiger partial charge >= 0.3 is 5.97 Å². The maximum atomic E-state index is 11.5. The van der Waals surface area contributed by atoms with Gasteiger partial charge in [-0.1, -0.05) is 30.3 Å². The van der Waals surface area contributed by atoms with Gasteiger partial charge < -0.3 is 14.9 Å². The second-order valence-corrected chi connectivity index (χ2v) is 8.37. The normalized spacial score (nSPS) is 24.6. The molecule has 6 nitrogen and oxygen atoms in total. The summed E-state index contributed by atoms with van der Waals surface area (Å²) < 4.78 is 5.33. The third-order valence-corrected chi connectivity index (χ3v) is 6.40. The fraction of sp³-hybridized carbons (Fsp3) is 0.435. The van der Waals surface area contributed by atoms with Crippen molar-refractivity contribution in [3.63, 3.8) is 0 Å². The lowest BCUT2D eigenvalue weighted by molar-refractivity contribution is 0.0694. The quantitative estimate of drug-likeness (QED) is 0.748. The van der Waals surface area contributed by atoms with Gasteiger partial charge in [-0.25, -0.2) is 4.79 Å². The Morgan fingerprint density at radius 3 is 2.48 bits per heavy atom. The summed E-state index contributed by atoms with van der Waals surface area (Å²) >= 11 is 0. The Morgan fingerprint density at radius 1 is 1.10 bits per heavy atom. The second kappa shape index (κ2) is 8.14. The summed E-state index contributed by atoms with van der Waals surface area (Å²) in [6.07, 6.45) is 0. The Hall–Kier alpha value is -2.41. The molecular weight excluding hydrogens is 368 g/mol. The van der Waals surface area contributed by atoms with E-state index in [4.69, 9.17) is 4.74 Å². The van der Waals surface area contributed by atoms with Crippen molar-refractivity contribution < 1.29 is 19.7 Å². The summed E-state index contributed by atoms with van der Waals surface area (Å²) in [7, 11) is 1.68. The van der Waals surface area contributed by atoms with Crippen LogP contribution in [0.15, 0.2) is 48.5 Å². The Balaban J connectivity index is 1.43. The van der Waals surface area contributed by atoms with Gasteiger partial charge in [-0.05, 0) is 35.2 Å². The van der Waals surface area contributed by atoms with Crippen LogP contribution in [0.3, 0.4) is 0 Å². The number of aliphatic hydroxyl groups excluding tert-OH is 1. The van der Waals surface area contributed by atoms with Crippen LogP contribution in [0.2, 0.25) is 0 Å². The van der Waals surface area contributed by atoms with E-state index in [2.05, 4.69) is 21.9 Å². The molecule has 0 aliphatic carbocycles. The second-order valence-electron chi connectivity index (χ2n) is 8.37. The number of aromatic carboxylic acids is 1. The van der Waals surface area contributed by atoms with Crippen LogP contribution in [0.4, 0.5) is 0 Å². The van der Waals surface area contributed by atoms with E-state index in [1.54, 1.807) is 19.2 Å². The van der Waals surface area contributed by atoms with E-state index >= 15 is 0 Å². The number of rotatable bonds is 7. The molecule has 2 heterocycles. The van der Waals surface area contributed by atoms with Crippen LogP contribution < -0.4 is 4.74 Å². The molecule has 2 aromatic carbocycles. The van der Waals surface area contributed by atoms with Crippen LogP contribution in [0.1, 0.15) is 21.5 Å². The molecule has 6 heteroatoms. The molecule has 154 valence electrons. The van der Waals surface area contributed by atoms with Crippen LogP contribution >= 0.6 is 0 Å². The third kappa shape index (κ3) is 4.01. The smallest absolute Gasteiger partial charge is 0.336 e. The molecule has 2 saturated heterocycles. The first-order valence-corrected chi connectivity index (χ1v) is 10.0. The maximum Gasteiger partial charge on any atom is 0.336 e. The SMILES string of the molecule is COc1cccc(CN2CC3CN(Cc4ccccc4C(=O)O)CC3(CO)C2)c1. The number of aliphatic hydroxyl groups is 1. The maximum absolute atomic E-state index is 11.5. The predicted octanol–water partition coefficient (Wildman–Crippen LogP) is 2.32. The van der Waals surface area contributed by atoms with Crippen molar-refractivity contribution >= 4 is 5.97 Å². The summed E-state index contributed by atoms with van der Waals surface area (Å²) in [5.74, 6) is 0.360. The molecule has 29 heavy (non-hydrogen) atoms. The number of benzene rings is 2. The molecule has 2 atom stereocenters. The standard InChI is InChI=1S/C23H28N2O4/c1-29-20-7-4-5-17(9-20)10-24-12-19-13-25(15-23(19,14-24)16-26)11-18-6-2-3-8-21(18)22(27)28/h2-9,19,26H,10-16H2,1H3,(H,27,28). The van der Waals surface area contributed by atoms with Crippen LogP contribution in [-0.4, -0.2) is 65.9 Å². The van der Waals surface area contributed by atoms with E-state index in [1.165, 1.54) is 5.56 Å². The molecule has 2 aromatic rings. The zero-order valence-electron chi connectivity index (χ0n) is 16.8. The van der Waals surface area contributed by atoms with E-state index in [-0.39, 0.29) is 12.0 Å². The van der Waals surface area contributed by atoms with Crippen LogP contribution in [0.25, 0.3) is 0 Å². The van der Waals surface area contributed by atoms with Crippen molar-refractivity contribution in [2.45, 2.75) is 13.1 Å². The highest BCUT2D eigenvalue weighted by molar-refractivity contribution is 5.89. The first-order valence-electron chi connectivity index (χ1n) is 10.0. The number of carboxylic acids is 1. The largest absolute Gasteiger partial charge is 0.497 e. The minimum atomic E-state index is -0.888. The van der Waals surface area contributed by atoms with Crippen molar-refractivity contribution in [1.29, 1.82) is 0 Å². The first kappa shape index (κ1) is 19.9. The molecule has 2 N–H and O–H groups in total. The van der Waals surface area contributed by atoms with Gasteiger partial charge in [-0.2, -0.15) is 0 Å². The lowest BCUT2D eigenvalue weighted by atomic mass is 9.82. The van der Waals surface area contributed by atoms with Crippen LogP contribution in [0.5, 0.6) is 5.75 Å². The Morgan fingerprint density at radius 2 is 1.83 bits per heavy atom. The number of fused-ring (bicyclic) bond motifs is 1.